The molecule has 15 aromatic rings. The van der Waals surface area contributed by atoms with E-state index in [9.17, 15) is 21.9 Å². The van der Waals surface area contributed by atoms with Crippen LogP contribution in [0.25, 0.3) is 99.5 Å². The highest BCUT2D eigenvalue weighted by atomic mass is 15.2. The van der Waals surface area contributed by atoms with Gasteiger partial charge in [0.25, 0.3) is 0 Å². The molecule has 15 rings (SSSR count). The number of para-hydroxylation sites is 6. The number of nitrogens with zero attached hydrogens (tertiary/aromatic N) is 4. The van der Waals surface area contributed by atoms with Crippen LogP contribution < -0.4 is 9.80 Å². The highest BCUT2D eigenvalue weighted by Gasteiger charge is 2.29. The topological polar surface area (TPSA) is 16.3 Å². The van der Waals surface area contributed by atoms with Crippen LogP contribution in [-0.2, 0) is 5.41 Å². The smallest absolute Gasteiger partial charge is 0.0667 e. The maximum absolute atomic E-state index is 11.0. The van der Waals surface area contributed by atoms with E-state index in [1.807, 2.05) is 178 Å². The quantitative estimate of drug-likeness (QED) is 0.121. The number of anilines is 6. The fourth-order valence-corrected chi connectivity index (χ4v) is 11.4. The van der Waals surface area contributed by atoms with E-state index in [0.29, 0.717) is 50.1 Å². The van der Waals surface area contributed by atoms with Gasteiger partial charge in [0.2, 0.25) is 0 Å². The Morgan fingerprint density at radius 2 is 0.605 bits per heavy atom. The molecule has 410 valence electrons. The highest BCUT2D eigenvalue weighted by molar-refractivity contribution is 6.11. The molecular weight excluding hydrogens is 1040 g/mol. The van der Waals surface area contributed by atoms with Gasteiger partial charge < -0.3 is 18.9 Å². The first-order valence-electron chi connectivity index (χ1n) is 39.8. The molecule has 2 heterocycles. The standard InChI is InChI=1S/C82H62N4/c1-82(2,3)61-52-66(83(80-68(57-28-8-4-9-29-57)44-26-45-69(80)58-30-10-5-11-31-58)62-36-24-38-64(54-62)85-76-48-20-16-40-72(76)73-41-17-21-49-77(73)85)56-67(53-61)84(81-70(59-32-12-6-13-33-59)46-27-47-71(81)60-34-14-7-15-35-60)63-37-25-39-65(55-63)86-78-50-22-18-42-74(78)75-43-19-23-51-79(75)86/h4-56H,1-3H3/i16D,17D,18D,19D,20D,21D,22D,23D,24D,25D,36D,37D,38D,39D,40D,41D,42D,43D,48D,49D,50D,51D,54D,55D. The van der Waals surface area contributed by atoms with Crippen molar-refractivity contribution in [3.8, 4) is 55.9 Å². The third kappa shape index (κ3) is 9.20. The Morgan fingerprint density at radius 1 is 0.302 bits per heavy atom. The van der Waals surface area contributed by atoms with E-state index in [0.717, 1.165) is 9.13 Å². The zero-order valence-corrected chi connectivity index (χ0v) is 46.5. The van der Waals surface area contributed by atoms with Gasteiger partial charge in [-0.2, -0.15) is 0 Å². The van der Waals surface area contributed by atoms with Crippen molar-refractivity contribution in [3.05, 3.63) is 327 Å². The van der Waals surface area contributed by atoms with Gasteiger partial charge in [-0.3, -0.25) is 0 Å². The van der Waals surface area contributed by atoms with Crippen molar-refractivity contribution in [1.29, 1.82) is 0 Å². The number of benzene rings is 13. The molecule has 0 saturated carbocycles. The van der Waals surface area contributed by atoms with Gasteiger partial charge in [-0.1, -0.05) is 263 Å². The van der Waals surface area contributed by atoms with Gasteiger partial charge in [0.1, 0.15) is 0 Å². The van der Waals surface area contributed by atoms with Crippen molar-refractivity contribution in [2.24, 2.45) is 0 Å². The monoisotopic (exact) mass is 1130 g/mol. The molecule has 0 saturated heterocycles. The minimum atomic E-state index is -0.982. The van der Waals surface area contributed by atoms with Crippen molar-refractivity contribution in [2.75, 3.05) is 9.80 Å². The molecule has 0 amide bonds. The maximum atomic E-state index is 11.0. The second-order valence-corrected chi connectivity index (χ2v) is 21.5. The Morgan fingerprint density at radius 3 is 0.907 bits per heavy atom. The zero-order valence-electron chi connectivity index (χ0n) is 70.5. The molecule has 86 heavy (non-hydrogen) atoms. The predicted octanol–water partition coefficient (Wildman–Crippen LogP) is 22.8. The van der Waals surface area contributed by atoms with E-state index in [1.165, 1.54) is 0 Å². The number of hydrogen-bond acceptors (Lipinski definition) is 2. The molecule has 0 aliphatic heterocycles. The second kappa shape index (κ2) is 21.7. The van der Waals surface area contributed by atoms with E-state index in [-0.39, 0.29) is 44.3 Å². The van der Waals surface area contributed by atoms with E-state index in [2.05, 4.69) is 0 Å². The molecular formula is C82H62N4. The molecule has 0 aliphatic rings. The third-order valence-corrected chi connectivity index (χ3v) is 15.3. The van der Waals surface area contributed by atoms with Crippen LogP contribution in [0.1, 0.15) is 59.2 Å². The van der Waals surface area contributed by atoms with Crippen LogP contribution in [0.4, 0.5) is 34.1 Å². The average Bonchev–Trinajstić information content (AvgIpc) is 1.61. The molecule has 2 aromatic heterocycles. The summed E-state index contributed by atoms with van der Waals surface area (Å²) in [6.07, 6.45) is 0. The van der Waals surface area contributed by atoms with Gasteiger partial charge in [-0.25, -0.2) is 0 Å². The van der Waals surface area contributed by atoms with Gasteiger partial charge in [0.05, 0.1) is 66.3 Å². The predicted molar refractivity (Wildman–Crippen MR) is 365 cm³/mol. The van der Waals surface area contributed by atoms with Crippen molar-refractivity contribution in [2.45, 2.75) is 26.2 Å². The average molecular weight is 1130 g/mol. The van der Waals surface area contributed by atoms with Crippen LogP contribution in [0.2, 0.25) is 0 Å². The van der Waals surface area contributed by atoms with E-state index in [4.69, 9.17) is 11.0 Å². The summed E-state index contributed by atoms with van der Waals surface area (Å²) in [6, 6.07) is 34.2. The molecule has 0 atom stereocenters. The normalized spacial score (nSPS) is 15.6. The van der Waals surface area contributed by atoms with E-state index < -0.39 is 195 Å². The van der Waals surface area contributed by atoms with Crippen LogP contribution >= 0.6 is 0 Å². The van der Waals surface area contributed by atoms with Gasteiger partial charge >= 0.3 is 0 Å². The minimum absolute atomic E-state index is 0.0588. The lowest BCUT2D eigenvalue weighted by Crippen LogP contribution is -2.19. The molecule has 13 aromatic carbocycles. The van der Waals surface area contributed by atoms with Crippen LogP contribution in [0.3, 0.4) is 0 Å². The number of rotatable bonds is 12. The van der Waals surface area contributed by atoms with Gasteiger partial charge in [0.15, 0.2) is 0 Å². The summed E-state index contributed by atoms with van der Waals surface area (Å²) in [5.74, 6) is 0. The Balaban J connectivity index is 1.18. The minimum Gasteiger partial charge on any atom is -0.309 e. The summed E-state index contributed by atoms with van der Waals surface area (Å²) >= 11 is 0. The van der Waals surface area contributed by atoms with E-state index >= 15 is 0 Å². The molecule has 0 aliphatic carbocycles. The molecule has 0 fully saturated rings. The molecule has 0 unspecified atom stereocenters. The first-order chi connectivity index (χ1) is 52.3. The highest BCUT2D eigenvalue weighted by Crippen LogP contribution is 2.52. The van der Waals surface area contributed by atoms with Gasteiger partial charge in [-0.05, 0) is 112 Å². The Bertz CT molecular complexity index is 5790. The van der Waals surface area contributed by atoms with Crippen molar-refractivity contribution in [1.82, 2.24) is 9.13 Å². The summed E-state index contributed by atoms with van der Waals surface area (Å²) in [7, 11) is 0. The lowest BCUT2D eigenvalue weighted by molar-refractivity contribution is 0.590. The van der Waals surface area contributed by atoms with Crippen molar-refractivity contribution in [3.63, 3.8) is 0 Å². The summed E-state index contributed by atoms with van der Waals surface area (Å²) in [5.41, 5.74) is 0.209. The Labute approximate surface area is 536 Å². The summed E-state index contributed by atoms with van der Waals surface area (Å²) in [4.78, 5) is 3.12. The number of aromatic nitrogens is 2. The lowest BCUT2D eigenvalue weighted by atomic mass is 9.85. The fraction of sp³-hybridized carbons (Fsp3) is 0.0488. The molecule has 0 radical (unpaired) electrons. The molecule has 0 spiro atoms. The molecule has 0 bridgehead atoms. The summed E-state index contributed by atoms with van der Waals surface area (Å²) in [6.45, 7) is 5.72. The first kappa shape index (κ1) is 32.2. The van der Waals surface area contributed by atoms with Gasteiger partial charge in [0, 0.05) is 77.9 Å². The Hall–Kier alpha value is -10.9. The molecule has 4 nitrogen and oxygen atoms in total. The van der Waals surface area contributed by atoms with Crippen LogP contribution in [-0.4, -0.2) is 9.13 Å². The Kier molecular flexibility index (Phi) is 8.12. The zero-order chi connectivity index (χ0) is 78.6. The van der Waals surface area contributed by atoms with E-state index in [1.54, 1.807) is 28.0 Å². The van der Waals surface area contributed by atoms with Gasteiger partial charge in [-0.15, -0.1) is 0 Å². The summed E-state index contributed by atoms with van der Waals surface area (Å²) in [5, 5.41) is -1.51. The van der Waals surface area contributed by atoms with Crippen LogP contribution in [0.15, 0.2) is 321 Å². The lowest BCUT2D eigenvalue weighted by Gasteiger charge is -2.35. The van der Waals surface area contributed by atoms with Crippen molar-refractivity contribution >= 4 is 77.7 Å². The number of fused-ring (bicyclic) bond motifs is 6. The maximum Gasteiger partial charge on any atom is 0.0667 e. The molecule has 4 heteroatoms. The van der Waals surface area contributed by atoms with Crippen LogP contribution in [0.5, 0.6) is 0 Å². The fourth-order valence-electron chi connectivity index (χ4n) is 11.4. The van der Waals surface area contributed by atoms with Crippen molar-refractivity contribution < 1.29 is 32.9 Å². The molecule has 0 N–H and O–H groups in total. The van der Waals surface area contributed by atoms with Crippen LogP contribution in [0, 0.1) is 0 Å². The largest absolute Gasteiger partial charge is 0.309 e. The SMILES string of the molecule is [2H]c1c([2H])c(N(c2cc(N(c3c(-c4ccccc4)cccc3-c3ccccc3)c3c([2H])c([2H])c([2H])c(-n4c5c([2H])c([2H])c([2H])c([2H])c5c5c([2H])c([2H])c([2H])c([2H])c54)c3[2H])cc(C(C)(C)C)c2)c2c(-c3ccccc3)cccc2-c2ccccc2)c([2H])c(-n2c3c([2H])c([2H])c([2H])c([2H])c3c3c([2H])c([2H])c([2H])c([2H])c32)c1[2H]. The second-order valence-electron chi connectivity index (χ2n) is 21.5. The number of hydrogen-bond donors (Lipinski definition) is 0. The first-order valence-corrected chi connectivity index (χ1v) is 27.8. The summed E-state index contributed by atoms with van der Waals surface area (Å²) < 4.78 is 233. The third-order valence-electron chi connectivity index (χ3n) is 15.3.